The van der Waals surface area contributed by atoms with Crippen LogP contribution in [-0.4, -0.2) is 39.4 Å². The number of benzene rings is 2. The molecule has 0 saturated heterocycles. The normalized spacial score (nSPS) is 10.9. The number of aromatic nitrogens is 2. The van der Waals surface area contributed by atoms with E-state index in [0.717, 1.165) is 17.0 Å². The molecular formula is C24H24BrN5O5S. The highest BCUT2D eigenvalue weighted by Crippen LogP contribution is 2.34. The third kappa shape index (κ3) is 8.02. The number of non-ortho nitro benzene ring substituents is 1. The molecule has 0 bridgehead atoms. The number of hydrazone groups is 1. The smallest absolute Gasteiger partial charge is 0.269 e. The first-order valence-electron chi connectivity index (χ1n) is 10.8. The molecule has 0 fully saturated rings. The van der Waals surface area contributed by atoms with Gasteiger partial charge in [-0.3, -0.25) is 14.9 Å². The number of hydrogen-bond donors (Lipinski definition) is 1. The van der Waals surface area contributed by atoms with Gasteiger partial charge >= 0.3 is 0 Å². The first-order chi connectivity index (χ1) is 17.2. The van der Waals surface area contributed by atoms with Crippen LogP contribution in [0.25, 0.3) is 0 Å². The van der Waals surface area contributed by atoms with Gasteiger partial charge in [-0.05, 0) is 72.6 Å². The lowest BCUT2D eigenvalue weighted by Gasteiger charge is -2.14. The third-order valence-corrected chi connectivity index (χ3v) is 6.13. The van der Waals surface area contributed by atoms with Crippen molar-refractivity contribution in [1.29, 1.82) is 0 Å². The fourth-order valence-corrected chi connectivity index (χ4v) is 4.17. The Morgan fingerprint density at radius 2 is 1.81 bits per heavy atom. The Bertz CT molecular complexity index is 1250. The molecule has 2 aromatic carbocycles. The second-order valence-corrected chi connectivity index (χ2v) is 9.28. The number of halogens is 1. The van der Waals surface area contributed by atoms with Gasteiger partial charge in [0.15, 0.2) is 16.7 Å². The molecule has 0 aliphatic rings. The Labute approximate surface area is 220 Å². The second kappa shape index (κ2) is 13.0. The zero-order valence-electron chi connectivity index (χ0n) is 19.9. The lowest BCUT2D eigenvalue weighted by molar-refractivity contribution is -0.384. The minimum Gasteiger partial charge on any atom is -0.490 e. The molecule has 0 atom stereocenters. The number of hydrogen-bond acceptors (Lipinski definition) is 9. The van der Waals surface area contributed by atoms with E-state index in [1.807, 2.05) is 26.8 Å². The van der Waals surface area contributed by atoms with Crippen molar-refractivity contribution in [3.63, 3.8) is 0 Å². The number of aryl methyl sites for hydroxylation is 2. The van der Waals surface area contributed by atoms with E-state index >= 15 is 0 Å². The Hall–Kier alpha value is -3.51. The van der Waals surface area contributed by atoms with Crippen molar-refractivity contribution in [3.05, 3.63) is 79.6 Å². The van der Waals surface area contributed by atoms with Gasteiger partial charge in [-0.15, -0.1) is 0 Å². The van der Waals surface area contributed by atoms with Gasteiger partial charge in [0.05, 0.1) is 23.5 Å². The summed E-state index contributed by atoms with van der Waals surface area (Å²) in [4.78, 5) is 31.1. The number of nitro benzene ring substituents is 1. The van der Waals surface area contributed by atoms with Crippen LogP contribution in [0.1, 0.15) is 29.4 Å². The second-order valence-electron chi connectivity index (χ2n) is 7.48. The number of rotatable bonds is 11. The summed E-state index contributed by atoms with van der Waals surface area (Å²) in [6.45, 7) is 6.23. The van der Waals surface area contributed by atoms with E-state index < -0.39 is 4.92 Å². The number of nitrogens with one attached hydrogen (secondary N) is 1. The molecule has 1 aromatic heterocycles. The van der Waals surface area contributed by atoms with E-state index in [1.165, 1.54) is 30.1 Å². The van der Waals surface area contributed by atoms with E-state index in [-0.39, 0.29) is 24.0 Å². The van der Waals surface area contributed by atoms with Crippen molar-refractivity contribution in [2.45, 2.75) is 32.5 Å². The van der Waals surface area contributed by atoms with E-state index in [4.69, 9.17) is 9.47 Å². The summed E-state index contributed by atoms with van der Waals surface area (Å²) in [6.07, 6.45) is 1.50. The fraction of sp³-hybridized carbons (Fsp3) is 0.250. The molecule has 188 valence electrons. The van der Waals surface area contributed by atoms with Crippen LogP contribution < -0.4 is 14.9 Å². The van der Waals surface area contributed by atoms with Crippen molar-refractivity contribution >= 4 is 45.5 Å². The summed E-state index contributed by atoms with van der Waals surface area (Å²) in [7, 11) is 0. The van der Waals surface area contributed by atoms with Crippen LogP contribution in [-0.2, 0) is 11.4 Å². The van der Waals surface area contributed by atoms with Crippen LogP contribution in [0.2, 0.25) is 0 Å². The van der Waals surface area contributed by atoms with Crippen LogP contribution in [0.4, 0.5) is 5.69 Å². The zero-order valence-corrected chi connectivity index (χ0v) is 22.3. The summed E-state index contributed by atoms with van der Waals surface area (Å²) < 4.78 is 12.3. The Balaban J connectivity index is 1.61. The summed E-state index contributed by atoms with van der Waals surface area (Å²) in [6, 6.07) is 11.5. The average molecular weight is 574 g/mol. The van der Waals surface area contributed by atoms with Crippen LogP contribution in [0, 0.1) is 24.0 Å². The summed E-state index contributed by atoms with van der Waals surface area (Å²) in [5.74, 6) is 0.829. The van der Waals surface area contributed by atoms with Crippen molar-refractivity contribution in [2.75, 3.05) is 12.4 Å². The highest BCUT2D eigenvalue weighted by Gasteiger charge is 2.12. The molecule has 3 aromatic rings. The lowest BCUT2D eigenvalue weighted by Crippen LogP contribution is -2.20. The minimum absolute atomic E-state index is 0.0180. The van der Waals surface area contributed by atoms with Crippen LogP contribution in [0.5, 0.6) is 11.5 Å². The molecule has 0 saturated carbocycles. The molecule has 0 aliphatic carbocycles. The quantitative estimate of drug-likeness (QED) is 0.112. The molecule has 0 aliphatic heterocycles. The summed E-state index contributed by atoms with van der Waals surface area (Å²) in [5, 5.41) is 15.4. The molecule has 10 nitrogen and oxygen atoms in total. The first-order valence-corrected chi connectivity index (χ1v) is 12.6. The van der Waals surface area contributed by atoms with Gasteiger partial charge in [-0.1, -0.05) is 11.8 Å². The number of ether oxygens (including phenoxy) is 2. The fourth-order valence-electron chi connectivity index (χ4n) is 3.00. The van der Waals surface area contributed by atoms with Crippen molar-refractivity contribution in [3.8, 4) is 11.5 Å². The molecule has 36 heavy (non-hydrogen) atoms. The van der Waals surface area contributed by atoms with Crippen molar-refractivity contribution in [2.24, 2.45) is 5.10 Å². The predicted molar refractivity (Wildman–Crippen MR) is 141 cm³/mol. The molecule has 0 spiro atoms. The monoisotopic (exact) mass is 573 g/mol. The Morgan fingerprint density at radius 3 is 2.44 bits per heavy atom. The Morgan fingerprint density at radius 1 is 1.14 bits per heavy atom. The number of amides is 1. The van der Waals surface area contributed by atoms with Gasteiger partial charge in [-0.25, -0.2) is 15.4 Å². The molecule has 3 rings (SSSR count). The molecule has 1 amide bonds. The standard InChI is InChI=1S/C24H24BrN5O5S/c1-4-34-21-10-18(12-26-29-23(31)14-36-24-27-15(2)9-16(3)28-24)20(25)11-22(21)35-13-17-5-7-19(8-6-17)30(32)33/h5-12H,4,13-14H2,1-3H3,(H,29,31)/b26-12-. The third-order valence-electron chi connectivity index (χ3n) is 4.59. The average Bonchev–Trinajstić information content (AvgIpc) is 2.83. The van der Waals surface area contributed by atoms with Gasteiger partial charge in [0.2, 0.25) is 0 Å². The van der Waals surface area contributed by atoms with Crippen LogP contribution in [0.15, 0.2) is 57.2 Å². The maximum atomic E-state index is 12.2. The Kier molecular flexibility index (Phi) is 9.77. The topological polar surface area (TPSA) is 129 Å². The van der Waals surface area contributed by atoms with Gasteiger partial charge in [0.25, 0.3) is 11.6 Å². The van der Waals surface area contributed by atoms with Crippen molar-refractivity contribution < 1.29 is 19.2 Å². The zero-order chi connectivity index (χ0) is 26.1. The summed E-state index contributed by atoms with van der Waals surface area (Å²) >= 11 is 4.73. The van der Waals surface area contributed by atoms with Gasteiger partial charge in [-0.2, -0.15) is 5.10 Å². The van der Waals surface area contributed by atoms with E-state index in [9.17, 15) is 14.9 Å². The van der Waals surface area contributed by atoms with Gasteiger partial charge in [0.1, 0.15) is 6.61 Å². The molecule has 12 heteroatoms. The predicted octanol–water partition coefficient (Wildman–Crippen LogP) is 4.98. The van der Waals surface area contributed by atoms with Crippen LogP contribution in [0.3, 0.4) is 0 Å². The largest absolute Gasteiger partial charge is 0.490 e. The van der Waals surface area contributed by atoms with Gasteiger partial charge < -0.3 is 9.47 Å². The van der Waals surface area contributed by atoms with E-state index in [2.05, 4.69) is 36.4 Å². The van der Waals surface area contributed by atoms with E-state index in [1.54, 1.807) is 24.3 Å². The number of nitro groups is 1. The minimum atomic E-state index is -0.449. The van der Waals surface area contributed by atoms with Gasteiger partial charge in [0, 0.05) is 33.6 Å². The number of nitrogens with zero attached hydrogens (tertiary/aromatic N) is 4. The summed E-state index contributed by atoms with van der Waals surface area (Å²) in [5.41, 5.74) is 5.65. The number of carbonyl (C=O) groups is 1. The molecular weight excluding hydrogens is 550 g/mol. The number of carbonyl (C=O) groups excluding carboxylic acids is 1. The maximum absolute atomic E-state index is 12.2. The highest BCUT2D eigenvalue weighted by atomic mass is 79.9. The maximum Gasteiger partial charge on any atom is 0.269 e. The SMILES string of the molecule is CCOc1cc(/C=N\NC(=O)CSc2nc(C)cc(C)n2)c(Br)cc1OCc1ccc([N+](=O)[O-])cc1. The molecule has 0 unspecified atom stereocenters. The molecule has 1 heterocycles. The van der Waals surface area contributed by atoms with Crippen molar-refractivity contribution in [1.82, 2.24) is 15.4 Å². The lowest BCUT2D eigenvalue weighted by atomic mass is 10.2. The molecule has 0 radical (unpaired) electrons. The van der Waals surface area contributed by atoms with Crippen LogP contribution >= 0.6 is 27.7 Å². The van der Waals surface area contributed by atoms with E-state index in [0.29, 0.717) is 33.3 Å². The highest BCUT2D eigenvalue weighted by molar-refractivity contribution is 9.10. The molecule has 1 N–H and O–H groups in total. The number of thioether (sulfide) groups is 1. The first kappa shape index (κ1) is 27.1.